The standard InChI is InChI=1S/C16H19N5O/c1-3-15(22)20-12-4-5-13-14(8-12)18-10(2)19-16(13)21-7-6-11(17)9-21/h3-5,8,11H,1,6-7,9,17H2,2H3,(H,20,22)/t11-/m1/s1. The summed E-state index contributed by atoms with van der Waals surface area (Å²) in [5.41, 5.74) is 7.50. The number of nitrogens with one attached hydrogen (secondary N) is 1. The van der Waals surface area contributed by atoms with Crippen LogP contribution in [0.1, 0.15) is 12.2 Å². The topological polar surface area (TPSA) is 84.1 Å². The van der Waals surface area contributed by atoms with E-state index >= 15 is 0 Å². The van der Waals surface area contributed by atoms with Crippen LogP contribution in [0.15, 0.2) is 30.9 Å². The predicted molar refractivity (Wildman–Crippen MR) is 87.9 cm³/mol. The molecule has 3 N–H and O–H groups in total. The molecule has 0 spiro atoms. The molecule has 0 radical (unpaired) electrons. The zero-order chi connectivity index (χ0) is 15.7. The van der Waals surface area contributed by atoms with E-state index in [-0.39, 0.29) is 11.9 Å². The van der Waals surface area contributed by atoms with Gasteiger partial charge >= 0.3 is 0 Å². The molecule has 1 fully saturated rings. The summed E-state index contributed by atoms with van der Waals surface area (Å²) < 4.78 is 0. The smallest absolute Gasteiger partial charge is 0.247 e. The van der Waals surface area contributed by atoms with Gasteiger partial charge in [0.05, 0.1) is 5.52 Å². The summed E-state index contributed by atoms with van der Waals surface area (Å²) in [6.45, 7) is 7.03. The van der Waals surface area contributed by atoms with Crippen LogP contribution in [0, 0.1) is 6.92 Å². The fourth-order valence-corrected chi connectivity index (χ4v) is 2.72. The van der Waals surface area contributed by atoms with E-state index in [0.29, 0.717) is 11.5 Å². The van der Waals surface area contributed by atoms with Gasteiger partial charge in [0.2, 0.25) is 5.91 Å². The lowest BCUT2D eigenvalue weighted by Gasteiger charge is -2.19. The number of nitrogens with two attached hydrogens (primary N) is 1. The maximum atomic E-state index is 11.4. The van der Waals surface area contributed by atoms with E-state index in [1.807, 2.05) is 25.1 Å². The molecule has 114 valence electrons. The molecule has 0 saturated carbocycles. The van der Waals surface area contributed by atoms with Gasteiger partial charge in [-0.1, -0.05) is 6.58 Å². The molecule has 3 rings (SSSR count). The monoisotopic (exact) mass is 297 g/mol. The molecule has 2 aromatic rings. The Labute approximate surface area is 129 Å². The average Bonchev–Trinajstić information content (AvgIpc) is 2.92. The van der Waals surface area contributed by atoms with Crippen LogP contribution >= 0.6 is 0 Å². The predicted octanol–water partition coefficient (Wildman–Crippen LogP) is 1.60. The summed E-state index contributed by atoms with van der Waals surface area (Å²) in [6.07, 6.45) is 2.21. The van der Waals surface area contributed by atoms with Gasteiger partial charge < -0.3 is 16.0 Å². The highest BCUT2D eigenvalue weighted by molar-refractivity contribution is 6.01. The lowest BCUT2D eigenvalue weighted by molar-refractivity contribution is -0.111. The van der Waals surface area contributed by atoms with Crippen LogP contribution < -0.4 is 16.0 Å². The van der Waals surface area contributed by atoms with E-state index in [1.165, 1.54) is 6.08 Å². The molecule has 1 amide bonds. The van der Waals surface area contributed by atoms with Crippen LogP contribution in [0.5, 0.6) is 0 Å². The van der Waals surface area contributed by atoms with Gasteiger partial charge in [0, 0.05) is 30.2 Å². The summed E-state index contributed by atoms with van der Waals surface area (Å²) in [6, 6.07) is 5.83. The first-order chi connectivity index (χ1) is 10.6. The molecule has 1 aliphatic rings. The number of aromatic nitrogens is 2. The van der Waals surface area contributed by atoms with Crippen molar-refractivity contribution in [3.8, 4) is 0 Å². The maximum absolute atomic E-state index is 11.4. The number of carbonyl (C=O) groups excluding carboxylic acids is 1. The van der Waals surface area contributed by atoms with E-state index in [1.54, 1.807) is 0 Å². The van der Waals surface area contributed by atoms with Crippen molar-refractivity contribution in [2.75, 3.05) is 23.3 Å². The van der Waals surface area contributed by atoms with Crippen LogP contribution in [-0.2, 0) is 4.79 Å². The van der Waals surface area contributed by atoms with E-state index < -0.39 is 0 Å². The van der Waals surface area contributed by atoms with Crippen LogP contribution in [0.3, 0.4) is 0 Å². The Bertz CT molecular complexity index is 743. The van der Waals surface area contributed by atoms with Crippen LogP contribution in [0.2, 0.25) is 0 Å². The molecule has 1 aromatic carbocycles. The molecule has 1 aromatic heterocycles. The molecule has 0 unspecified atom stereocenters. The van der Waals surface area contributed by atoms with Gasteiger partial charge in [-0.25, -0.2) is 9.97 Å². The third kappa shape index (κ3) is 2.78. The van der Waals surface area contributed by atoms with Crippen molar-refractivity contribution in [2.24, 2.45) is 5.73 Å². The van der Waals surface area contributed by atoms with Crippen molar-refractivity contribution in [2.45, 2.75) is 19.4 Å². The second-order valence-electron chi connectivity index (χ2n) is 5.51. The minimum absolute atomic E-state index is 0.191. The highest BCUT2D eigenvalue weighted by Gasteiger charge is 2.22. The first-order valence-electron chi connectivity index (χ1n) is 7.29. The summed E-state index contributed by atoms with van der Waals surface area (Å²) >= 11 is 0. The Balaban J connectivity index is 2.03. The summed E-state index contributed by atoms with van der Waals surface area (Å²) in [4.78, 5) is 22.7. The molecular formula is C16H19N5O. The van der Waals surface area contributed by atoms with Crippen LogP contribution in [-0.4, -0.2) is 35.0 Å². The van der Waals surface area contributed by atoms with E-state index in [0.717, 1.165) is 36.2 Å². The molecular weight excluding hydrogens is 278 g/mol. The normalized spacial score (nSPS) is 17.7. The fourth-order valence-electron chi connectivity index (χ4n) is 2.72. The fraction of sp³-hybridized carbons (Fsp3) is 0.312. The highest BCUT2D eigenvalue weighted by Crippen LogP contribution is 2.28. The lowest BCUT2D eigenvalue weighted by Crippen LogP contribution is -2.27. The number of carbonyl (C=O) groups is 1. The van der Waals surface area contributed by atoms with Crippen molar-refractivity contribution in [1.29, 1.82) is 0 Å². The summed E-state index contributed by atoms with van der Waals surface area (Å²) in [5, 5.41) is 3.72. The third-order valence-corrected chi connectivity index (χ3v) is 3.77. The van der Waals surface area contributed by atoms with Gasteiger partial charge in [-0.05, 0) is 37.6 Å². The summed E-state index contributed by atoms with van der Waals surface area (Å²) in [7, 11) is 0. The van der Waals surface area contributed by atoms with Crippen LogP contribution in [0.4, 0.5) is 11.5 Å². The van der Waals surface area contributed by atoms with E-state index in [4.69, 9.17) is 5.73 Å². The number of anilines is 2. The van der Waals surface area contributed by atoms with E-state index in [9.17, 15) is 4.79 Å². The van der Waals surface area contributed by atoms with Gasteiger partial charge in [-0.15, -0.1) is 0 Å². The Morgan fingerprint density at radius 3 is 3.00 bits per heavy atom. The second-order valence-corrected chi connectivity index (χ2v) is 5.51. The van der Waals surface area contributed by atoms with Crippen molar-refractivity contribution >= 4 is 28.3 Å². The number of fused-ring (bicyclic) bond motifs is 1. The van der Waals surface area contributed by atoms with Crippen molar-refractivity contribution in [3.63, 3.8) is 0 Å². The Morgan fingerprint density at radius 2 is 2.32 bits per heavy atom. The molecule has 22 heavy (non-hydrogen) atoms. The summed E-state index contributed by atoms with van der Waals surface area (Å²) in [5.74, 6) is 1.38. The molecule has 6 heteroatoms. The van der Waals surface area contributed by atoms with Gasteiger partial charge in [-0.3, -0.25) is 4.79 Å². The molecule has 0 aliphatic carbocycles. The molecule has 1 aliphatic heterocycles. The number of nitrogens with zero attached hydrogens (tertiary/aromatic N) is 3. The molecule has 0 bridgehead atoms. The number of benzene rings is 1. The van der Waals surface area contributed by atoms with E-state index in [2.05, 4.69) is 26.8 Å². The number of amides is 1. The quantitative estimate of drug-likeness (QED) is 0.841. The Hall–Kier alpha value is -2.47. The third-order valence-electron chi connectivity index (χ3n) is 3.77. The minimum Gasteiger partial charge on any atom is -0.354 e. The van der Waals surface area contributed by atoms with Gasteiger partial charge in [-0.2, -0.15) is 0 Å². The Kier molecular flexibility index (Phi) is 3.77. The highest BCUT2D eigenvalue weighted by atomic mass is 16.1. The zero-order valence-corrected chi connectivity index (χ0v) is 12.5. The van der Waals surface area contributed by atoms with Crippen molar-refractivity contribution < 1.29 is 4.79 Å². The second kappa shape index (κ2) is 5.73. The Morgan fingerprint density at radius 1 is 1.50 bits per heavy atom. The van der Waals surface area contributed by atoms with Crippen molar-refractivity contribution in [3.05, 3.63) is 36.7 Å². The molecule has 6 nitrogen and oxygen atoms in total. The average molecular weight is 297 g/mol. The number of hydrogen-bond acceptors (Lipinski definition) is 5. The van der Waals surface area contributed by atoms with Gasteiger partial charge in [0.1, 0.15) is 11.6 Å². The first-order valence-corrected chi connectivity index (χ1v) is 7.29. The minimum atomic E-state index is -0.240. The van der Waals surface area contributed by atoms with Crippen molar-refractivity contribution in [1.82, 2.24) is 9.97 Å². The SMILES string of the molecule is C=CC(=O)Nc1ccc2c(N3CC[C@@H](N)C3)nc(C)nc2c1. The molecule has 1 saturated heterocycles. The van der Waals surface area contributed by atoms with Gasteiger partial charge in [0.25, 0.3) is 0 Å². The maximum Gasteiger partial charge on any atom is 0.247 e. The molecule has 2 heterocycles. The van der Waals surface area contributed by atoms with Gasteiger partial charge in [0.15, 0.2) is 0 Å². The first kappa shape index (κ1) is 14.5. The zero-order valence-electron chi connectivity index (χ0n) is 12.5. The largest absolute Gasteiger partial charge is 0.354 e. The number of aryl methyl sites for hydroxylation is 1. The van der Waals surface area contributed by atoms with Crippen LogP contribution in [0.25, 0.3) is 10.9 Å². The molecule has 1 atom stereocenters. The lowest BCUT2D eigenvalue weighted by atomic mass is 10.2. The number of rotatable bonds is 3. The number of hydrogen-bond donors (Lipinski definition) is 2.